The highest BCUT2D eigenvalue weighted by molar-refractivity contribution is 5.74. The Bertz CT molecular complexity index is 386. The van der Waals surface area contributed by atoms with E-state index >= 15 is 0 Å². The zero-order valence-electron chi connectivity index (χ0n) is 12.2. The summed E-state index contributed by atoms with van der Waals surface area (Å²) >= 11 is 0. The van der Waals surface area contributed by atoms with Crippen LogP contribution < -0.4 is 15.4 Å². The summed E-state index contributed by atoms with van der Waals surface area (Å²) in [6, 6.07) is 7.79. The summed E-state index contributed by atoms with van der Waals surface area (Å²) in [5.41, 5.74) is 1.05. The summed E-state index contributed by atoms with van der Waals surface area (Å²) in [6.45, 7) is 9.33. The van der Waals surface area contributed by atoms with Gasteiger partial charge in [-0.2, -0.15) is 0 Å². The third kappa shape index (κ3) is 6.70. The van der Waals surface area contributed by atoms with Gasteiger partial charge in [-0.3, -0.25) is 0 Å². The van der Waals surface area contributed by atoms with Gasteiger partial charge >= 0.3 is 6.03 Å². The molecule has 2 N–H and O–H groups in total. The van der Waals surface area contributed by atoms with Crippen molar-refractivity contribution < 1.29 is 9.53 Å². The molecule has 0 aliphatic carbocycles. The first-order valence-electron chi connectivity index (χ1n) is 6.73. The van der Waals surface area contributed by atoms with Crippen LogP contribution in [0.2, 0.25) is 0 Å². The second kappa shape index (κ2) is 7.67. The molecule has 0 spiro atoms. The maximum atomic E-state index is 11.4. The van der Waals surface area contributed by atoms with Crippen LogP contribution in [0.15, 0.2) is 24.3 Å². The van der Waals surface area contributed by atoms with Crippen molar-refractivity contribution in [3.63, 3.8) is 0 Å². The highest BCUT2D eigenvalue weighted by Gasteiger charge is 2.02. The fourth-order valence-corrected chi connectivity index (χ4v) is 1.46. The molecule has 4 nitrogen and oxygen atoms in total. The lowest BCUT2D eigenvalue weighted by atomic mass is 10.2. The van der Waals surface area contributed by atoms with Crippen LogP contribution >= 0.6 is 0 Å². The number of rotatable bonds is 6. The fraction of sp³-hybridized carbons (Fsp3) is 0.533. The summed E-state index contributed by atoms with van der Waals surface area (Å²) in [4.78, 5) is 11.4. The number of hydrogen-bond donors (Lipinski definition) is 2. The lowest BCUT2D eigenvalue weighted by molar-refractivity contribution is 0.238. The minimum absolute atomic E-state index is 0.143. The Hall–Kier alpha value is -1.71. The molecule has 1 rings (SSSR count). The Labute approximate surface area is 115 Å². The van der Waals surface area contributed by atoms with Gasteiger partial charge in [0.2, 0.25) is 0 Å². The maximum absolute atomic E-state index is 11.4. The minimum atomic E-state index is -0.143. The van der Waals surface area contributed by atoms with Gasteiger partial charge in [0, 0.05) is 12.6 Å². The standard InChI is InChI=1S/C15H24N2O2/c1-11(2)10-19-14-7-5-13(6-8-14)9-16-15(18)17-12(3)4/h5-8,11-12H,9-10H2,1-4H3,(H2,16,17,18). The van der Waals surface area contributed by atoms with Gasteiger partial charge in [0.1, 0.15) is 5.75 Å². The molecule has 0 bridgehead atoms. The van der Waals surface area contributed by atoms with Crippen molar-refractivity contribution in [3.05, 3.63) is 29.8 Å². The van der Waals surface area contributed by atoms with E-state index in [1.54, 1.807) is 0 Å². The molecule has 0 radical (unpaired) electrons. The average molecular weight is 264 g/mol. The van der Waals surface area contributed by atoms with Crippen molar-refractivity contribution >= 4 is 6.03 Å². The molecule has 106 valence electrons. The van der Waals surface area contributed by atoms with Crippen molar-refractivity contribution in [2.75, 3.05) is 6.61 Å². The molecule has 0 fully saturated rings. The van der Waals surface area contributed by atoms with Gasteiger partial charge in [-0.05, 0) is 37.5 Å². The van der Waals surface area contributed by atoms with E-state index in [0.717, 1.165) is 11.3 Å². The highest BCUT2D eigenvalue weighted by Crippen LogP contribution is 2.13. The van der Waals surface area contributed by atoms with E-state index in [-0.39, 0.29) is 12.1 Å². The maximum Gasteiger partial charge on any atom is 0.315 e. The molecule has 0 unspecified atom stereocenters. The molecule has 0 aliphatic rings. The first kappa shape index (κ1) is 15.3. The highest BCUT2D eigenvalue weighted by atomic mass is 16.5. The number of hydrogen-bond acceptors (Lipinski definition) is 2. The summed E-state index contributed by atoms with van der Waals surface area (Å²) in [5.74, 6) is 1.38. The van der Waals surface area contributed by atoms with Crippen molar-refractivity contribution in [2.24, 2.45) is 5.92 Å². The predicted molar refractivity (Wildman–Crippen MR) is 77.3 cm³/mol. The van der Waals surface area contributed by atoms with Crippen molar-refractivity contribution in [1.29, 1.82) is 0 Å². The Morgan fingerprint density at radius 1 is 1.16 bits per heavy atom. The second-order valence-electron chi connectivity index (χ2n) is 5.33. The van der Waals surface area contributed by atoms with E-state index in [2.05, 4.69) is 24.5 Å². The molecule has 1 aromatic rings. The molecule has 4 heteroatoms. The van der Waals surface area contributed by atoms with Crippen LogP contribution in [0.5, 0.6) is 5.75 Å². The molecule has 0 atom stereocenters. The largest absolute Gasteiger partial charge is 0.493 e. The molecule has 0 aromatic heterocycles. The zero-order chi connectivity index (χ0) is 14.3. The summed E-state index contributed by atoms with van der Waals surface area (Å²) < 4.78 is 5.60. The molecule has 2 amide bonds. The van der Waals surface area contributed by atoms with Crippen LogP contribution in [0.3, 0.4) is 0 Å². The van der Waals surface area contributed by atoms with Gasteiger partial charge in [-0.15, -0.1) is 0 Å². The van der Waals surface area contributed by atoms with Gasteiger partial charge in [0.15, 0.2) is 0 Å². The topological polar surface area (TPSA) is 50.4 Å². The van der Waals surface area contributed by atoms with Gasteiger partial charge in [0.25, 0.3) is 0 Å². The van der Waals surface area contributed by atoms with E-state index in [4.69, 9.17) is 4.74 Å². The van der Waals surface area contributed by atoms with Gasteiger partial charge in [-0.1, -0.05) is 26.0 Å². The predicted octanol–water partition coefficient (Wildman–Crippen LogP) is 2.93. The number of carbonyl (C=O) groups excluding carboxylic acids is 1. The Balaban J connectivity index is 2.37. The quantitative estimate of drug-likeness (QED) is 0.830. The Kier molecular flexibility index (Phi) is 6.19. The Morgan fingerprint density at radius 3 is 2.32 bits per heavy atom. The van der Waals surface area contributed by atoms with E-state index in [1.165, 1.54) is 0 Å². The van der Waals surface area contributed by atoms with Crippen LogP contribution in [0.1, 0.15) is 33.3 Å². The molecule has 0 saturated heterocycles. The van der Waals surface area contributed by atoms with Gasteiger partial charge < -0.3 is 15.4 Å². The van der Waals surface area contributed by atoms with Gasteiger partial charge in [0.05, 0.1) is 6.61 Å². The van der Waals surface area contributed by atoms with Crippen molar-refractivity contribution in [2.45, 2.75) is 40.3 Å². The van der Waals surface area contributed by atoms with Crippen molar-refractivity contribution in [1.82, 2.24) is 10.6 Å². The molecular weight excluding hydrogens is 240 g/mol. The number of carbonyl (C=O) groups is 1. The monoisotopic (exact) mass is 264 g/mol. The summed E-state index contributed by atoms with van der Waals surface area (Å²) in [6.07, 6.45) is 0. The third-order valence-electron chi connectivity index (χ3n) is 2.38. The molecule has 1 aromatic carbocycles. The average Bonchev–Trinajstić information content (AvgIpc) is 2.34. The number of nitrogens with one attached hydrogen (secondary N) is 2. The summed E-state index contributed by atoms with van der Waals surface area (Å²) in [7, 11) is 0. The third-order valence-corrected chi connectivity index (χ3v) is 2.38. The van der Waals surface area contributed by atoms with E-state index in [9.17, 15) is 4.79 Å². The molecule has 19 heavy (non-hydrogen) atoms. The SMILES string of the molecule is CC(C)COc1ccc(CNC(=O)NC(C)C)cc1. The fourth-order valence-electron chi connectivity index (χ4n) is 1.46. The molecule has 0 saturated carbocycles. The number of urea groups is 1. The smallest absolute Gasteiger partial charge is 0.315 e. The minimum Gasteiger partial charge on any atom is -0.493 e. The second-order valence-corrected chi connectivity index (χ2v) is 5.33. The van der Waals surface area contributed by atoms with Crippen LogP contribution in [-0.4, -0.2) is 18.7 Å². The number of benzene rings is 1. The van der Waals surface area contributed by atoms with Crippen LogP contribution in [-0.2, 0) is 6.54 Å². The van der Waals surface area contributed by atoms with Gasteiger partial charge in [-0.25, -0.2) is 4.79 Å². The molecular formula is C15H24N2O2. The Morgan fingerprint density at radius 2 is 1.79 bits per heavy atom. The van der Waals surface area contributed by atoms with Crippen molar-refractivity contribution in [3.8, 4) is 5.75 Å². The van der Waals surface area contributed by atoms with Crippen LogP contribution in [0.25, 0.3) is 0 Å². The number of amides is 2. The van der Waals surface area contributed by atoms with Crippen LogP contribution in [0.4, 0.5) is 4.79 Å². The molecule has 0 heterocycles. The lowest BCUT2D eigenvalue weighted by Gasteiger charge is -2.11. The van der Waals surface area contributed by atoms with E-state index in [1.807, 2.05) is 38.1 Å². The first-order valence-corrected chi connectivity index (χ1v) is 6.73. The summed E-state index contributed by atoms with van der Waals surface area (Å²) in [5, 5.41) is 5.59. The van der Waals surface area contributed by atoms with Crippen LogP contribution in [0, 0.1) is 5.92 Å². The van der Waals surface area contributed by atoms with E-state index in [0.29, 0.717) is 19.1 Å². The van der Waals surface area contributed by atoms with E-state index < -0.39 is 0 Å². The first-order chi connectivity index (χ1) is 8.97. The normalized spacial score (nSPS) is 10.6. The molecule has 0 aliphatic heterocycles. The lowest BCUT2D eigenvalue weighted by Crippen LogP contribution is -2.38. The number of ether oxygens (including phenoxy) is 1. The zero-order valence-corrected chi connectivity index (χ0v) is 12.2.